The fraction of sp³-hybridized carbons (Fsp3) is 0.500. The minimum atomic E-state index is -0.438. The number of hydrogen-bond donors (Lipinski definition) is 1. The van der Waals surface area contributed by atoms with Gasteiger partial charge in [0.1, 0.15) is 5.58 Å². The highest BCUT2D eigenvalue weighted by atomic mass is 16.5. The molecule has 26 heavy (non-hydrogen) atoms. The third-order valence-corrected chi connectivity index (χ3v) is 5.54. The van der Waals surface area contributed by atoms with Crippen molar-refractivity contribution in [3.8, 4) is 0 Å². The first kappa shape index (κ1) is 17.2. The molecule has 3 atom stereocenters. The summed E-state index contributed by atoms with van der Waals surface area (Å²) in [5.41, 5.74) is 1.77. The van der Waals surface area contributed by atoms with E-state index in [9.17, 15) is 14.7 Å². The molecule has 0 spiro atoms. The number of amides is 1. The molecule has 1 aromatic carbocycles. The summed E-state index contributed by atoms with van der Waals surface area (Å²) >= 11 is 0. The molecule has 6 nitrogen and oxygen atoms in total. The molecule has 0 unspecified atom stereocenters. The summed E-state index contributed by atoms with van der Waals surface area (Å²) < 4.78 is 11.1. The molecule has 2 aliphatic rings. The number of rotatable bonds is 3. The maximum absolute atomic E-state index is 13.0. The Labute approximate surface area is 151 Å². The van der Waals surface area contributed by atoms with Gasteiger partial charge in [-0.2, -0.15) is 0 Å². The molecule has 0 bridgehead atoms. The van der Waals surface area contributed by atoms with Crippen molar-refractivity contribution in [1.29, 1.82) is 0 Å². The average molecular weight is 357 g/mol. The number of morpholine rings is 1. The van der Waals surface area contributed by atoms with E-state index in [4.69, 9.17) is 9.15 Å². The zero-order chi connectivity index (χ0) is 18.3. The van der Waals surface area contributed by atoms with Crippen LogP contribution in [0, 0.1) is 12.8 Å². The lowest BCUT2D eigenvalue weighted by molar-refractivity contribution is -0.143. The molecule has 1 amide bonds. The Hall–Kier alpha value is -2.18. The van der Waals surface area contributed by atoms with Crippen LogP contribution in [-0.2, 0) is 16.0 Å². The van der Waals surface area contributed by atoms with Gasteiger partial charge in [-0.3, -0.25) is 4.79 Å². The van der Waals surface area contributed by atoms with Crippen LogP contribution in [0.15, 0.2) is 33.5 Å². The van der Waals surface area contributed by atoms with E-state index in [0.717, 1.165) is 23.8 Å². The van der Waals surface area contributed by atoms with Crippen molar-refractivity contribution in [2.75, 3.05) is 19.8 Å². The highest BCUT2D eigenvalue weighted by Gasteiger charge is 2.42. The highest BCUT2D eigenvalue weighted by molar-refractivity contribution is 5.87. The van der Waals surface area contributed by atoms with E-state index in [1.54, 1.807) is 0 Å². The largest absolute Gasteiger partial charge is 0.423 e. The van der Waals surface area contributed by atoms with E-state index in [1.165, 1.54) is 6.07 Å². The number of carbonyl (C=O) groups is 1. The van der Waals surface area contributed by atoms with Crippen LogP contribution in [0.4, 0.5) is 0 Å². The van der Waals surface area contributed by atoms with Gasteiger partial charge in [-0.05, 0) is 42.9 Å². The first-order valence-electron chi connectivity index (χ1n) is 9.10. The zero-order valence-corrected chi connectivity index (χ0v) is 14.8. The van der Waals surface area contributed by atoms with Crippen LogP contribution in [-0.4, -0.2) is 47.8 Å². The molecule has 1 aromatic heterocycles. The van der Waals surface area contributed by atoms with E-state index in [2.05, 4.69) is 0 Å². The summed E-state index contributed by atoms with van der Waals surface area (Å²) in [5.74, 6) is 0.181. The first-order valence-corrected chi connectivity index (χ1v) is 9.10. The van der Waals surface area contributed by atoms with Gasteiger partial charge in [-0.25, -0.2) is 4.79 Å². The van der Waals surface area contributed by atoms with Crippen molar-refractivity contribution in [3.63, 3.8) is 0 Å². The van der Waals surface area contributed by atoms with E-state index in [1.807, 2.05) is 30.0 Å². The van der Waals surface area contributed by atoms with Gasteiger partial charge in [0.2, 0.25) is 5.91 Å². The van der Waals surface area contributed by atoms with Crippen molar-refractivity contribution in [3.05, 3.63) is 45.8 Å². The molecule has 1 saturated heterocycles. The fourth-order valence-electron chi connectivity index (χ4n) is 4.26. The maximum atomic E-state index is 13.0. The van der Waals surface area contributed by atoms with Gasteiger partial charge in [-0.15, -0.1) is 0 Å². The minimum Gasteiger partial charge on any atom is -0.423 e. The molecule has 1 saturated carbocycles. The summed E-state index contributed by atoms with van der Waals surface area (Å²) in [7, 11) is 0. The Morgan fingerprint density at radius 1 is 1.31 bits per heavy atom. The van der Waals surface area contributed by atoms with Crippen LogP contribution in [0.5, 0.6) is 0 Å². The average Bonchev–Trinajstić information content (AvgIpc) is 3.04. The normalized spacial score (nSPS) is 25.5. The van der Waals surface area contributed by atoms with Crippen molar-refractivity contribution in [2.45, 2.75) is 38.3 Å². The third kappa shape index (κ3) is 3.15. The summed E-state index contributed by atoms with van der Waals surface area (Å²) in [6.45, 7) is 3.13. The second kappa shape index (κ2) is 6.85. The lowest BCUT2D eigenvalue weighted by atomic mass is 10.0. The molecule has 6 heteroatoms. The van der Waals surface area contributed by atoms with E-state index >= 15 is 0 Å². The van der Waals surface area contributed by atoms with Gasteiger partial charge in [-0.1, -0.05) is 12.1 Å². The SMILES string of the molecule is Cc1ccc2c(CC(=O)N3CCO[C@H]4C[C@H](CO)C[C@@H]43)cc(=O)oc2c1. The second-order valence-electron chi connectivity index (χ2n) is 7.35. The molecule has 2 aromatic rings. The standard InChI is InChI=1S/C20H23NO5/c1-12-2-3-15-14(10-20(24)26-17(15)6-12)9-19(23)21-4-5-25-18-8-13(11-22)7-16(18)21/h2-3,6,10,13,16,18,22H,4-5,7-9,11H2,1H3/t13-,16+,18+/m1/s1. The number of nitrogens with zero attached hydrogens (tertiary/aromatic N) is 1. The van der Waals surface area contributed by atoms with E-state index in [-0.39, 0.29) is 37.0 Å². The van der Waals surface area contributed by atoms with Crippen LogP contribution >= 0.6 is 0 Å². The Morgan fingerprint density at radius 3 is 2.96 bits per heavy atom. The number of aliphatic hydroxyl groups is 1. The molecule has 138 valence electrons. The Kier molecular flexibility index (Phi) is 4.54. The molecule has 1 aliphatic heterocycles. The van der Waals surface area contributed by atoms with Crippen LogP contribution in [0.3, 0.4) is 0 Å². The van der Waals surface area contributed by atoms with Crippen molar-refractivity contribution >= 4 is 16.9 Å². The quantitative estimate of drug-likeness (QED) is 0.845. The van der Waals surface area contributed by atoms with Gasteiger partial charge in [0.05, 0.1) is 25.2 Å². The highest BCUT2D eigenvalue weighted by Crippen LogP contribution is 2.34. The molecule has 2 heterocycles. The predicted octanol–water partition coefficient (Wildman–Crippen LogP) is 1.64. The summed E-state index contributed by atoms with van der Waals surface area (Å²) in [6.07, 6.45) is 1.73. The fourth-order valence-corrected chi connectivity index (χ4v) is 4.26. The Morgan fingerprint density at radius 2 is 2.15 bits per heavy atom. The third-order valence-electron chi connectivity index (χ3n) is 5.54. The molecule has 1 aliphatic carbocycles. The maximum Gasteiger partial charge on any atom is 0.336 e. The Balaban J connectivity index is 1.60. The number of aliphatic hydroxyl groups excluding tert-OH is 1. The second-order valence-corrected chi connectivity index (χ2v) is 7.35. The van der Waals surface area contributed by atoms with Crippen molar-refractivity contribution in [1.82, 2.24) is 4.90 Å². The van der Waals surface area contributed by atoms with Crippen LogP contribution < -0.4 is 5.63 Å². The first-order chi connectivity index (χ1) is 12.5. The van der Waals surface area contributed by atoms with Crippen LogP contribution in [0.25, 0.3) is 11.0 Å². The van der Waals surface area contributed by atoms with Crippen LogP contribution in [0.2, 0.25) is 0 Å². The Bertz CT molecular complexity index is 889. The summed E-state index contributed by atoms with van der Waals surface area (Å²) in [5, 5.41) is 10.2. The number of fused-ring (bicyclic) bond motifs is 2. The number of hydrogen-bond acceptors (Lipinski definition) is 5. The van der Waals surface area contributed by atoms with Crippen molar-refractivity contribution in [2.24, 2.45) is 5.92 Å². The molecule has 0 radical (unpaired) electrons. The number of ether oxygens (including phenoxy) is 1. The predicted molar refractivity (Wildman–Crippen MR) is 96.0 cm³/mol. The molecule has 2 fully saturated rings. The molecule has 1 N–H and O–H groups in total. The van der Waals surface area contributed by atoms with Gasteiger partial charge < -0.3 is 19.2 Å². The zero-order valence-electron chi connectivity index (χ0n) is 14.8. The molecular weight excluding hydrogens is 334 g/mol. The molecule has 4 rings (SSSR count). The lowest BCUT2D eigenvalue weighted by Crippen LogP contribution is -2.51. The number of benzene rings is 1. The van der Waals surface area contributed by atoms with Gasteiger partial charge >= 0.3 is 5.63 Å². The van der Waals surface area contributed by atoms with Gasteiger partial charge in [0, 0.05) is 24.6 Å². The minimum absolute atomic E-state index is 0.00471. The molecular formula is C20H23NO5. The number of carbonyl (C=O) groups excluding carboxylic acids is 1. The summed E-state index contributed by atoms with van der Waals surface area (Å²) in [6, 6.07) is 7.10. The van der Waals surface area contributed by atoms with E-state index in [0.29, 0.717) is 24.3 Å². The van der Waals surface area contributed by atoms with Gasteiger partial charge in [0.15, 0.2) is 0 Å². The van der Waals surface area contributed by atoms with Gasteiger partial charge in [0.25, 0.3) is 0 Å². The topological polar surface area (TPSA) is 80.0 Å². The smallest absolute Gasteiger partial charge is 0.336 e. The van der Waals surface area contributed by atoms with Crippen molar-refractivity contribution < 1.29 is 19.1 Å². The summed E-state index contributed by atoms with van der Waals surface area (Å²) in [4.78, 5) is 26.8. The number of aryl methyl sites for hydroxylation is 1. The lowest BCUT2D eigenvalue weighted by Gasteiger charge is -2.37. The monoisotopic (exact) mass is 357 g/mol. The van der Waals surface area contributed by atoms with Crippen LogP contribution in [0.1, 0.15) is 24.0 Å². The van der Waals surface area contributed by atoms with E-state index < -0.39 is 5.63 Å².